The van der Waals surface area contributed by atoms with Gasteiger partial charge in [-0.15, -0.1) is 0 Å². The lowest BCUT2D eigenvalue weighted by molar-refractivity contribution is 0.628. The third-order valence-electron chi connectivity index (χ3n) is 2.13. The van der Waals surface area contributed by atoms with E-state index < -0.39 is 0 Å². The topological polar surface area (TPSA) is 53.6 Å². The highest BCUT2D eigenvalue weighted by Crippen LogP contribution is 2.13. The molecule has 1 aromatic carbocycles. The zero-order valence-electron chi connectivity index (χ0n) is 9.57. The highest BCUT2D eigenvalue weighted by Gasteiger charge is 2.07. The number of anilines is 1. The smallest absolute Gasteiger partial charge is 0.212 e. The van der Waals surface area contributed by atoms with Crippen molar-refractivity contribution in [2.75, 3.05) is 18.5 Å². The number of hydrogen-bond acceptors (Lipinski definition) is 2. The zero-order valence-corrected chi connectivity index (χ0v) is 9.57. The predicted octanol–water partition coefficient (Wildman–Crippen LogP) is 1.49. The Balaban J connectivity index is 2.86. The summed E-state index contributed by atoms with van der Waals surface area (Å²) in [5.41, 5.74) is 3.21. The Morgan fingerprint density at radius 1 is 1.56 bits per heavy atom. The van der Waals surface area contributed by atoms with E-state index in [0.717, 1.165) is 6.42 Å². The van der Waals surface area contributed by atoms with Crippen LogP contribution in [0.1, 0.15) is 13.3 Å². The maximum Gasteiger partial charge on any atom is 0.212 e. The molecule has 5 heteroatoms. The lowest BCUT2D eigenvalue weighted by Crippen LogP contribution is -2.43. The first kappa shape index (κ1) is 12.4. The molecule has 0 atom stereocenters. The van der Waals surface area contributed by atoms with Crippen molar-refractivity contribution in [2.45, 2.75) is 13.3 Å². The number of hydrogen-bond donors (Lipinski definition) is 2. The van der Waals surface area contributed by atoms with Crippen molar-refractivity contribution >= 4 is 11.6 Å². The second kappa shape index (κ2) is 6.07. The highest BCUT2D eigenvalue weighted by atomic mass is 19.1. The van der Waals surface area contributed by atoms with E-state index in [0.29, 0.717) is 18.2 Å². The number of aliphatic imine (C=N–C) groups is 1. The van der Waals surface area contributed by atoms with Gasteiger partial charge in [0, 0.05) is 19.3 Å². The summed E-state index contributed by atoms with van der Waals surface area (Å²) in [5.74, 6) is 5.61. The zero-order chi connectivity index (χ0) is 12.0. The molecule has 0 aliphatic rings. The van der Waals surface area contributed by atoms with Crippen molar-refractivity contribution in [3.8, 4) is 0 Å². The van der Waals surface area contributed by atoms with Crippen LogP contribution >= 0.6 is 0 Å². The van der Waals surface area contributed by atoms with E-state index >= 15 is 0 Å². The first-order valence-corrected chi connectivity index (χ1v) is 5.19. The van der Waals surface area contributed by atoms with Crippen LogP contribution in [0.5, 0.6) is 0 Å². The number of nitrogens with zero attached hydrogens (tertiary/aromatic N) is 2. The van der Waals surface area contributed by atoms with Crippen molar-refractivity contribution in [1.29, 1.82) is 0 Å². The molecule has 0 heterocycles. The summed E-state index contributed by atoms with van der Waals surface area (Å²) < 4.78 is 13.0. The monoisotopic (exact) mass is 224 g/mol. The number of nitrogens with one attached hydrogen (secondary N) is 1. The van der Waals surface area contributed by atoms with Gasteiger partial charge in [-0.05, 0) is 24.6 Å². The summed E-state index contributed by atoms with van der Waals surface area (Å²) in [7, 11) is 1.78. The third kappa shape index (κ3) is 3.20. The van der Waals surface area contributed by atoms with Crippen molar-refractivity contribution in [2.24, 2.45) is 10.8 Å². The first-order chi connectivity index (χ1) is 7.69. The Bertz CT molecular complexity index is 365. The molecule has 0 amide bonds. The fourth-order valence-corrected chi connectivity index (χ4v) is 1.27. The molecule has 0 fully saturated rings. The summed E-state index contributed by atoms with van der Waals surface area (Å²) in [4.78, 5) is 5.96. The molecule has 1 rings (SSSR count). The summed E-state index contributed by atoms with van der Waals surface area (Å²) in [6.45, 7) is 2.71. The molecule has 0 bridgehead atoms. The summed E-state index contributed by atoms with van der Waals surface area (Å²) in [6.07, 6.45) is 0.933. The van der Waals surface area contributed by atoms with Gasteiger partial charge in [0.15, 0.2) is 0 Å². The Morgan fingerprint density at radius 2 is 2.31 bits per heavy atom. The average Bonchev–Trinajstić information content (AvgIpc) is 2.29. The maximum atomic E-state index is 13.0. The number of hydrazine groups is 1. The van der Waals surface area contributed by atoms with Crippen molar-refractivity contribution in [3.63, 3.8) is 0 Å². The molecule has 0 aliphatic heterocycles. The van der Waals surface area contributed by atoms with Crippen LogP contribution in [0.15, 0.2) is 29.3 Å². The van der Waals surface area contributed by atoms with Crippen LogP contribution in [-0.2, 0) is 0 Å². The maximum absolute atomic E-state index is 13.0. The second-order valence-corrected chi connectivity index (χ2v) is 3.39. The molecular formula is C11H17FN4. The molecule has 16 heavy (non-hydrogen) atoms. The molecule has 88 valence electrons. The lowest BCUT2D eigenvalue weighted by Gasteiger charge is -2.20. The van der Waals surface area contributed by atoms with Crippen molar-refractivity contribution in [1.82, 2.24) is 5.43 Å². The number of guanidine groups is 1. The Labute approximate surface area is 94.9 Å². The van der Waals surface area contributed by atoms with E-state index in [4.69, 9.17) is 5.84 Å². The molecule has 0 saturated carbocycles. The fourth-order valence-electron chi connectivity index (χ4n) is 1.27. The standard InChI is InChI=1S/C11H17FN4/c1-3-7-14-11(15-13)16(2)10-6-4-5-9(12)8-10/h4-6,8H,3,7,13H2,1-2H3,(H,14,15). The molecule has 0 aromatic heterocycles. The van der Waals surface area contributed by atoms with Gasteiger partial charge >= 0.3 is 0 Å². The molecule has 0 unspecified atom stereocenters. The predicted molar refractivity (Wildman–Crippen MR) is 64.7 cm³/mol. The Morgan fingerprint density at radius 3 is 2.88 bits per heavy atom. The van der Waals surface area contributed by atoms with Gasteiger partial charge in [0.2, 0.25) is 5.96 Å². The van der Waals surface area contributed by atoms with Crippen molar-refractivity contribution in [3.05, 3.63) is 30.1 Å². The van der Waals surface area contributed by atoms with E-state index in [1.807, 2.05) is 6.92 Å². The largest absolute Gasteiger partial charge is 0.315 e. The molecule has 0 aliphatic carbocycles. The second-order valence-electron chi connectivity index (χ2n) is 3.39. The van der Waals surface area contributed by atoms with Crippen LogP contribution in [0.3, 0.4) is 0 Å². The lowest BCUT2D eigenvalue weighted by atomic mass is 10.3. The van der Waals surface area contributed by atoms with E-state index in [2.05, 4.69) is 10.4 Å². The van der Waals surface area contributed by atoms with Crippen LogP contribution in [0, 0.1) is 5.82 Å². The van der Waals surface area contributed by atoms with Gasteiger partial charge in [-0.1, -0.05) is 13.0 Å². The minimum absolute atomic E-state index is 0.281. The summed E-state index contributed by atoms with van der Waals surface area (Å²) >= 11 is 0. The van der Waals surface area contributed by atoms with E-state index in [9.17, 15) is 4.39 Å². The fraction of sp³-hybridized carbons (Fsp3) is 0.364. The number of nitrogens with two attached hydrogens (primary N) is 1. The van der Waals surface area contributed by atoms with E-state index in [1.165, 1.54) is 12.1 Å². The number of halogens is 1. The van der Waals surface area contributed by atoms with Crippen LogP contribution in [-0.4, -0.2) is 19.6 Å². The van der Waals surface area contributed by atoms with Crippen LogP contribution < -0.4 is 16.2 Å². The Hall–Kier alpha value is -1.62. The minimum Gasteiger partial charge on any atom is -0.315 e. The number of rotatable bonds is 3. The molecule has 0 spiro atoms. The normalized spacial score (nSPS) is 11.4. The average molecular weight is 224 g/mol. The summed E-state index contributed by atoms with van der Waals surface area (Å²) in [6, 6.07) is 6.27. The van der Waals surface area contributed by atoms with Gasteiger partial charge in [-0.2, -0.15) is 0 Å². The molecule has 3 N–H and O–H groups in total. The van der Waals surface area contributed by atoms with Gasteiger partial charge in [-0.3, -0.25) is 10.4 Å². The molecule has 4 nitrogen and oxygen atoms in total. The quantitative estimate of drug-likeness (QED) is 0.354. The third-order valence-corrected chi connectivity index (χ3v) is 2.13. The SMILES string of the molecule is CCCN=C(NN)N(C)c1cccc(F)c1. The van der Waals surface area contributed by atoms with Gasteiger partial charge in [-0.25, -0.2) is 10.2 Å². The molecule has 0 saturated heterocycles. The highest BCUT2D eigenvalue weighted by molar-refractivity contribution is 5.95. The van der Waals surface area contributed by atoms with Crippen LogP contribution in [0.2, 0.25) is 0 Å². The van der Waals surface area contributed by atoms with Crippen LogP contribution in [0.4, 0.5) is 10.1 Å². The van der Waals surface area contributed by atoms with Crippen LogP contribution in [0.25, 0.3) is 0 Å². The Kier molecular flexibility index (Phi) is 4.72. The van der Waals surface area contributed by atoms with E-state index in [1.54, 1.807) is 24.1 Å². The van der Waals surface area contributed by atoms with Gasteiger partial charge in [0.1, 0.15) is 5.82 Å². The summed E-state index contributed by atoms with van der Waals surface area (Å²) in [5, 5.41) is 0. The van der Waals surface area contributed by atoms with E-state index in [-0.39, 0.29) is 5.82 Å². The van der Waals surface area contributed by atoms with Gasteiger partial charge < -0.3 is 4.90 Å². The number of benzene rings is 1. The molecule has 0 radical (unpaired) electrons. The molecule has 1 aromatic rings. The molecular weight excluding hydrogens is 207 g/mol. The van der Waals surface area contributed by atoms with Crippen molar-refractivity contribution < 1.29 is 4.39 Å². The first-order valence-electron chi connectivity index (χ1n) is 5.19. The minimum atomic E-state index is -0.281. The van der Waals surface area contributed by atoms with Gasteiger partial charge in [0.05, 0.1) is 0 Å². The van der Waals surface area contributed by atoms with Gasteiger partial charge in [0.25, 0.3) is 0 Å².